The first kappa shape index (κ1) is 8.55. The maximum Gasteiger partial charge on any atom is -0.00436 e. The molecule has 0 radical (unpaired) electrons. The van der Waals surface area contributed by atoms with Gasteiger partial charge in [0.05, 0.1) is 0 Å². The lowest BCUT2D eigenvalue weighted by atomic mass is 9.77. The molecule has 0 bridgehead atoms. The van der Waals surface area contributed by atoms with Crippen LogP contribution >= 0.6 is 0 Å². The molecule has 1 nitrogen and oxygen atoms in total. The quantitative estimate of drug-likeness (QED) is 0.633. The van der Waals surface area contributed by atoms with Gasteiger partial charge in [-0.2, -0.15) is 0 Å². The molecule has 1 saturated carbocycles. The molecule has 1 unspecified atom stereocenters. The standard InChI is InChI=1S/C11H21N/c1-2-10-3-4-11(9-10)5-7-12-8-6-11/h10,12H,2-9H2,1H3. The molecule has 1 saturated heterocycles. The molecule has 1 atom stereocenters. The van der Waals surface area contributed by atoms with E-state index in [9.17, 15) is 0 Å². The summed E-state index contributed by atoms with van der Waals surface area (Å²) >= 11 is 0. The average molecular weight is 167 g/mol. The molecule has 0 amide bonds. The van der Waals surface area contributed by atoms with Crippen molar-refractivity contribution in [1.82, 2.24) is 5.32 Å². The summed E-state index contributed by atoms with van der Waals surface area (Å²) < 4.78 is 0. The first-order chi connectivity index (χ1) is 5.85. The fourth-order valence-electron chi connectivity index (χ4n) is 3.09. The molecule has 0 aromatic rings. The first-order valence-corrected chi connectivity index (χ1v) is 5.55. The second-order valence-electron chi connectivity index (χ2n) is 4.77. The van der Waals surface area contributed by atoms with E-state index in [-0.39, 0.29) is 0 Å². The van der Waals surface area contributed by atoms with E-state index in [1.54, 1.807) is 0 Å². The Labute approximate surface area is 75.9 Å². The zero-order valence-corrected chi connectivity index (χ0v) is 8.23. The highest BCUT2D eigenvalue weighted by molar-refractivity contribution is 4.91. The van der Waals surface area contributed by atoms with Crippen LogP contribution in [-0.4, -0.2) is 13.1 Å². The molecule has 1 N–H and O–H groups in total. The van der Waals surface area contributed by atoms with Crippen LogP contribution < -0.4 is 5.32 Å². The average Bonchev–Trinajstić information content (AvgIpc) is 2.50. The molecule has 1 heterocycles. The summed E-state index contributed by atoms with van der Waals surface area (Å²) in [5, 5.41) is 3.47. The predicted octanol–water partition coefficient (Wildman–Crippen LogP) is 2.57. The number of piperidine rings is 1. The second-order valence-corrected chi connectivity index (χ2v) is 4.77. The van der Waals surface area contributed by atoms with Crippen LogP contribution in [0, 0.1) is 11.3 Å². The van der Waals surface area contributed by atoms with Crippen molar-refractivity contribution < 1.29 is 0 Å². The van der Waals surface area contributed by atoms with Crippen LogP contribution in [0.4, 0.5) is 0 Å². The van der Waals surface area contributed by atoms with Crippen molar-refractivity contribution in [2.75, 3.05) is 13.1 Å². The molecule has 70 valence electrons. The smallest absolute Gasteiger partial charge is 0.00436 e. The SMILES string of the molecule is CCC1CCC2(CCNCC2)C1. The third-order valence-corrected chi connectivity index (χ3v) is 4.05. The van der Waals surface area contributed by atoms with E-state index in [1.165, 1.54) is 51.6 Å². The molecule has 1 aliphatic heterocycles. The molecule has 1 spiro atoms. The molecule has 0 aromatic carbocycles. The normalized spacial score (nSPS) is 34.2. The van der Waals surface area contributed by atoms with Gasteiger partial charge in [0.15, 0.2) is 0 Å². The predicted molar refractivity (Wildman–Crippen MR) is 52.2 cm³/mol. The summed E-state index contributed by atoms with van der Waals surface area (Å²) in [6.07, 6.45) is 8.87. The van der Waals surface area contributed by atoms with Crippen LogP contribution in [0.2, 0.25) is 0 Å². The number of rotatable bonds is 1. The van der Waals surface area contributed by atoms with Gasteiger partial charge in [-0.25, -0.2) is 0 Å². The lowest BCUT2D eigenvalue weighted by molar-refractivity contribution is 0.201. The fraction of sp³-hybridized carbons (Fsp3) is 1.00. The molecule has 1 aliphatic carbocycles. The molecular formula is C11H21N. The van der Waals surface area contributed by atoms with E-state index >= 15 is 0 Å². The van der Waals surface area contributed by atoms with Crippen LogP contribution in [0.3, 0.4) is 0 Å². The summed E-state index contributed by atoms with van der Waals surface area (Å²) in [5.41, 5.74) is 0.784. The minimum absolute atomic E-state index is 0.784. The van der Waals surface area contributed by atoms with Gasteiger partial charge in [0.1, 0.15) is 0 Å². The molecule has 0 aromatic heterocycles. The zero-order valence-electron chi connectivity index (χ0n) is 8.23. The van der Waals surface area contributed by atoms with Gasteiger partial charge in [-0.1, -0.05) is 13.3 Å². The second kappa shape index (κ2) is 3.37. The number of hydrogen-bond donors (Lipinski definition) is 1. The van der Waals surface area contributed by atoms with Gasteiger partial charge in [0.2, 0.25) is 0 Å². The third-order valence-electron chi connectivity index (χ3n) is 4.05. The van der Waals surface area contributed by atoms with Crippen molar-refractivity contribution in [1.29, 1.82) is 0 Å². The van der Waals surface area contributed by atoms with Crippen molar-refractivity contribution in [2.45, 2.75) is 45.4 Å². The molecule has 2 aliphatic rings. The van der Waals surface area contributed by atoms with E-state index in [2.05, 4.69) is 12.2 Å². The molecule has 1 heteroatoms. The molecule has 2 rings (SSSR count). The van der Waals surface area contributed by atoms with E-state index in [1.807, 2.05) is 0 Å². The highest BCUT2D eigenvalue weighted by atomic mass is 14.9. The summed E-state index contributed by atoms with van der Waals surface area (Å²) in [4.78, 5) is 0. The maximum atomic E-state index is 3.47. The Morgan fingerprint density at radius 3 is 2.58 bits per heavy atom. The molecule has 2 fully saturated rings. The van der Waals surface area contributed by atoms with Crippen LogP contribution in [0.25, 0.3) is 0 Å². The van der Waals surface area contributed by atoms with Crippen LogP contribution in [0.5, 0.6) is 0 Å². The molecular weight excluding hydrogens is 146 g/mol. The summed E-state index contributed by atoms with van der Waals surface area (Å²) in [7, 11) is 0. The Morgan fingerprint density at radius 2 is 2.00 bits per heavy atom. The number of hydrogen-bond acceptors (Lipinski definition) is 1. The van der Waals surface area contributed by atoms with Crippen LogP contribution in [-0.2, 0) is 0 Å². The monoisotopic (exact) mass is 167 g/mol. The Morgan fingerprint density at radius 1 is 1.25 bits per heavy atom. The van der Waals surface area contributed by atoms with E-state index in [4.69, 9.17) is 0 Å². The van der Waals surface area contributed by atoms with Gasteiger partial charge in [-0.15, -0.1) is 0 Å². The van der Waals surface area contributed by atoms with Gasteiger partial charge >= 0.3 is 0 Å². The van der Waals surface area contributed by atoms with E-state index < -0.39 is 0 Å². The van der Waals surface area contributed by atoms with Crippen LogP contribution in [0.15, 0.2) is 0 Å². The minimum Gasteiger partial charge on any atom is -0.317 e. The Balaban J connectivity index is 1.94. The van der Waals surface area contributed by atoms with Gasteiger partial charge in [0, 0.05) is 0 Å². The van der Waals surface area contributed by atoms with Gasteiger partial charge in [-0.05, 0) is 56.5 Å². The van der Waals surface area contributed by atoms with Gasteiger partial charge < -0.3 is 5.32 Å². The topological polar surface area (TPSA) is 12.0 Å². The van der Waals surface area contributed by atoms with E-state index in [0.717, 1.165) is 11.3 Å². The third kappa shape index (κ3) is 1.52. The largest absolute Gasteiger partial charge is 0.317 e. The lowest BCUT2D eigenvalue weighted by Gasteiger charge is -2.34. The molecule has 12 heavy (non-hydrogen) atoms. The summed E-state index contributed by atoms with van der Waals surface area (Å²) in [6.45, 7) is 4.90. The van der Waals surface area contributed by atoms with Crippen molar-refractivity contribution in [2.24, 2.45) is 11.3 Å². The Bertz CT molecular complexity index is 147. The Hall–Kier alpha value is -0.0400. The summed E-state index contributed by atoms with van der Waals surface area (Å²) in [5.74, 6) is 1.06. The Kier molecular flexibility index (Phi) is 2.40. The minimum atomic E-state index is 0.784. The number of nitrogens with one attached hydrogen (secondary N) is 1. The van der Waals surface area contributed by atoms with Crippen LogP contribution in [0.1, 0.15) is 45.4 Å². The van der Waals surface area contributed by atoms with Crippen molar-refractivity contribution in [3.8, 4) is 0 Å². The summed E-state index contributed by atoms with van der Waals surface area (Å²) in [6, 6.07) is 0. The van der Waals surface area contributed by atoms with Crippen molar-refractivity contribution in [3.63, 3.8) is 0 Å². The van der Waals surface area contributed by atoms with E-state index in [0.29, 0.717) is 0 Å². The first-order valence-electron chi connectivity index (χ1n) is 5.55. The lowest BCUT2D eigenvalue weighted by Crippen LogP contribution is -2.35. The highest BCUT2D eigenvalue weighted by Gasteiger charge is 2.38. The van der Waals surface area contributed by atoms with Crippen molar-refractivity contribution >= 4 is 0 Å². The van der Waals surface area contributed by atoms with Gasteiger partial charge in [0.25, 0.3) is 0 Å². The maximum absolute atomic E-state index is 3.47. The highest BCUT2D eigenvalue weighted by Crippen LogP contribution is 2.48. The fourth-order valence-corrected chi connectivity index (χ4v) is 3.09. The zero-order chi connectivity index (χ0) is 8.44. The van der Waals surface area contributed by atoms with Crippen molar-refractivity contribution in [3.05, 3.63) is 0 Å². The van der Waals surface area contributed by atoms with Gasteiger partial charge in [-0.3, -0.25) is 0 Å².